The van der Waals surface area contributed by atoms with E-state index in [4.69, 9.17) is 9.47 Å². The third-order valence-corrected chi connectivity index (χ3v) is 6.58. The minimum atomic E-state index is -0.427. The molecule has 1 aromatic carbocycles. The topological polar surface area (TPSA) is 93.7 Å². The number of hydrogen-bond donors (Lipinski definition) is 1. The van der Waals surface area contributed by atoms with Gasteiger partial charge in [0.1, 0.15) is 12.4 Å². The molecule has 2 aliphatic rings. The Kier molecular flexibility index (Phi) is 5.47. The van der Waals surface area contributed by atoms with E-state index in [0.717, 1.165) is 42.7 Å². The maximum atomic E-state index is 12.8. The number of aromatic nitrogens is 2. The summed E-state index contributed by atoms with van der Waals surface area (Å²) < 4.78 is 11.5. The van der Waals surface area contributed by atoms with Crippen LogP contribution < -0.4 is 19.3 Å². The number of nitrogens with zero attached hydrogens (tertiary/aromatic N) is 4. The van der Waals surface area contributed by atoms with E-state index in [0.29, 0.717) is 16.0 Å². The number of ether oxygens (including phenoxy) is 2. The maximum absolute atomic E-state index is 12.8. The molecule has 1 atom stereocenters. The first-order chi connectivity index (χ1) is 14.8. The number of nitrogens with one attached hydrogen (secondary N) is 1. The maximum Gasteiger partial charge on any atom is 0.325 e. The Morgan fingerprint density at radius 1 is 1.10 bits per heavy atom. The first-order valence-corrected chi connectivity index (χ1v) is 10.6. The highest BCUT2D eigenvalue weighted by Crippen LogP contribution is 2.38. The molecule has 3 amide bonds. The van der Waals surface area contributed by atoms with E-state index in [1.54, 1.807) is 20.5 Å². The average Bonchev–Trinajstić information content (AvgIpc) is 3.07. The molecular formula is C22H30N5O4+. The van der Waals surface area contributed by atoms with Crippen molar-refractivity contribution >= 4 is 28.7 Å². The lowest BCUT2D eigenvalue weighted by Crippen LogP contribution is -2.56. The molecule has 0 bridgehead atoms. The molecule has 9 heteroatoms. The van der Waals surface area contributed by atoms with E-state index < -0.39 is 6.04 Å². The fourth-order valence-corrected chi connectivity index (χ4v) is 4.71. The smallest absolute Gasteiger partial charge is 0.325 e. The molecule has 9 nitrogen and oxygen atoms in total. The normalized spacial score (nSPS) is 26.5. The van der Waals surface area contributed by atoms with Crippen molar-refractivity contribution in [2.75, 3.05) is 34.4 Å². The molecule has 3 heterocycles. The number of benzene rings is 1. The van der Waals surface area contributed by atoms with Crippen molar-refractivity contribution in [1.82, 2.24) is 24.7 Å². The summed E-state index contributed by atoms with van der Waals surface area (Å²) in [5.74, 6) is 2.13. The number of carbonyl (C=O) groups is 2. The Bertz CT molecular complexity index is 1020. The third kappa shape index (κ3) is 3.56. The van der Waals surface area contributed by atoms with Crippen LogP contribution in [0.15, 0.2) is 18.5 Å². The minimum Gasteiger partial charge on any atom is -0.493 e. The lowest BCUT2D eigenvalue weighted by molar-refractivity contribution is -0.130. The van der Waals surface area contributed by atoms with E-state index in [9.17, 15) is 9.59 Å². The van der Waals surface area contributed by atoms with Gasteiger partial charge in [0.15, 0.2) is 11.5 Å². The predicted molar refractivity (Wildman–Crippen MR) is 117 cm³/mol. The van der Waals surface area contributed by atoms with Gasteiger partial charge in [-0.15, -0.1) is 0 Å². The second kappa shape index (κ2) is 7.96. The van der Waals surface area contributed by atoms with Crippen molar-refractivity contribution < 1.29 is 19.1 Å². The van der Waals surface area contributed by atoms with Gasteiger partial charge in [0.2, 0.25) is 5.82 Å². The summed E-state index contributed by atoms with van der Waals surface area (Å²) in [6.07, 6.45) is 3.02. The molecule has 0 spiro atoms. The quantitative estimate of drug-likeness (QED) is 0.580. The number of hydrogen-bond acceptors (Lipinski definition) is 6. The van der Waals surface area contributed by atoms with Gasteiger partial charge >= 0.3 is 6.03 Å². The van der Waals surface area contributed by atoms with Gasteiger partial charge in [0.05, 0.1) is 51.3 Å². The average molecular weight is 429 g/mol. The number of quaternary nitrogens is 1. The zero-order valence-corrected chi connectivity index (χ0v) is 18.7. The number of fused-ring (bicyclic) bond motifs is 1. The van der Waals surface area contributed by atoms with Crippen LogP contribution >= 0.6 is 0 Å². The van der Waals surface area contributed by atoms with Crippen molar-refractivity contribution in [3.63, 3.8) is 0 Å². The second-order valence-electron chi connectivity index (χ2n) is 8.88. The Morgan fingerprint density at radius 3 is 2.32 bits per heavy atom. The number of methoxy groups -OCH3 is 2. The first kappa shape index (κ1) is 21.3. The molecular weight excluding hydrogens is 398 g/mol. The number of urea groups is 1. The van der Waals surface area contributed by atoms with Gasteiger partial charge in [-0.1, -0.05) is 13.8 Å². The molecule has 2 aromatic rings. The van der Waals surface area contributed by atoms with Gasteiger partial charge in [-0.3, -0.25) is 14.2 Å². The zero-order chi connectivity index (χ0) is 22.3. The summed E-state index contributed by atoms with van der Waals surface area (Å²) in [7, 11) is 5.35. The molecule has 31 heavy (non-hydrogen) atoms. The first-order valence-electron chi connectivity index (χ1n) is 10.6. The van der Waals surface area contributed by atoms with E-state index in [1.807, 2.05) is 26.0 Å². The van der Waals surface area contributed by atoms with Crippen LogP contribution in [0.2, 0.25) is 0 Å². The molecule has 2 aliphatic heterocycles. The highest BCUT2D eigenvalue weighted by atomic mass is 16.5. The number of carbonyl (C=O) groups excluding carboxylic acids is 2. The van der Waals surface area contributed by atoms with Crippen LogP contribution in [0.1, 0.15) is 26.7 Å². The van der Waals surface area contributed by atoms with Crippen LogP contribution in [0.3, 0.4) is 0 Å². The standard InChI is InChI=1S/C22H29N5O4/c1-13(2)19-21(28)26(22(29)25-19)14-6-8-27(3,9-7-14)20-15-10-17(30-4)18(31-5)11-16(15)23-12-24-20/h10-14,19H,6-9H2,1-5H3/p+1. The SMILES string of the molecule is COc1cc2ncnc([N+]3(C)CCC(N4C(=O)NC(C(C)C)C4=O)CC3)c2cc1OC. The van der Waals surface area contributed by atoms with E-state index in [-0.39, 0.29) is 23.9 Å². The highest BCUT2D eigenvalue weighted by Gasteiger charge is 2.46. The molecule has 0 aliphatic carbocycles. The Morgan fingerprint density at radius 2 is 1.74 bits per heavy atom. The van der Waals surface area contributed by atoms with Gasteiger partial charge in [-0.2, -0.15) is 4.98 Å². The Balaban J connectivity index is 1.60. The van der Waals surface area contributed by atoms with Crippen molar-refractivity contribution in [3.8, 4) is 11.5 Å². The molecule has 2 saturated heterocycles. The fraction of sp³-hybridized carbons (Fsp3) is 0.545. The summed E-state index contributed by atoms with van der Waals surface area (Å²) in [5, 5.41) is 3.75. The van der Waals surface area contributed by atoms with Gasteiger partial charge in [0.25, 0.3) is 5.91 Å². The van der Waals surface area contributed by atoms with Crippen LogP contribution in [0.4, 0.5) is 10.6 Å². The summed E-state index contributed by atoms with van der Waals surface area (Å²) in [5.41, 5.74) is 0.790. The monoisotopic (exact) mass is 428 g/mol. The van der Waals surface area contributed by atoms with Crippen molar-refractivity contribution in [2.45, 2.75) is 38.8 Å². The molecule has 2 fully saturated rings. The van der Waals surface area contributed by atoms with Crippen LogP contribution in [0, 0.1) is 5.92 Å². The fourth-order valence-electron chi connectivity index (χ4n) is 4.71. The molecule has 0 saturated carbocycles. The van der Waals surface area contributed by atoms with Crippen LogP contribution in [-0.4, -0.2) is 73.2 Å². The number of piperidine rings is 1. The van der Waals surface area contributed by atoms with E-state index >= 15 is 0 Å². The number of likely N-dealkylation sites (tertiary alicyclic amines) is 1. The zero-order valence-electron chi connectivity index (χ0n) is 18.7. The second-order valence-corrected chi connectivity index (χ2v) is 8.88. The summed E-state index contributed by atoms with van der Waals surface area (Å²) >= 11 is 0. The van der Waals surface area contributed by atoms with Crippen LogP contribution in [-0.2, 0) is 4.79 Å². The highest BCUT2D eigenvalue weighted by molar-refractivity contribution is 6.04. The molecule has 1 aromatic heterocycles. The van der Waals surface area contributed by atoms with Gasteiger partial charge < -0.3 is 14.8 Å². The van der Waals surface area contributed by atoms with Crippen molar-refractivity contribution in [3.05, 3.63) is 18.5 Å². The Hall–Kier alpha value is -2.94. The van der Waals surface area contributed by atoms with Crippen molar-refractivity contribution in [1.29, 1.82) is 0 Å². The van der Waals surface area contributed by atoms with Gasteiger partial charge in [-0.25, -0.2) is 9.78 Å². The minimum absolute atomic E-state index is 0.0745. The number of rotatable bonds is 5. The van der Waals surface area contributed by atoms with Crippen LogP contribution in [0.25, 0.3) is 10.9 Å². The molecule has 0 radical (unpaired) electrons. The van der Waals surface area contributed by atoms with E-state index in [1.165, 1.54) is 4.90 Å². The van der Waals surface area contributed by atoms with Gasteiger partial charge in [0, 0.05) is 25.0 Å². The summed E-state index contributed by atoms with van der Waals surface area (Å²) in [6.45, 7) is 5.42. The van der Waals surface area contributed by atoms with Gasteiger partial charge in [-0.05, 0) is 5.92 Å². The predicted octanol–water partition coefficient (Wildman–Crippen LogP) is 2.32. The Labute approximate surface area is 181 Å². The summed E-state index contributed by atoms with van der Waals surface area (Å²) in [4.78, 5) is 35.7. The molecule has 1 N–H and O–H groups in total. The third-order valence-electron chi connectivity index (χ3n) is 6.58. The van der Waals surface area contributed by atoms with Crippen molar-refractivity contribution in [2.24, 2.45) is 5.92 Å². The lowest BCUT2D eigenvalue weighted by Gasteiger charge is -2.41. The molecule has 166 valence electrons. The summed E-state index contributed by atoms with van der Waals surface area (Å²) in [6, 6.07) is 2.99. The number of imide groups is 1. The van der Waals surface area contributed by atoms with Crippen LogP contribution in [0.5, 0.6) is 11.5 Å². The van der Waals surface area contributed by atoms with E-state index in [2.05, 4.69) is 22.3 Å². The molecule has 1 unspecified atom stereocenters. The lowest BCUT2D eigenvalue weighted by atomic mass is 9.99. The largest absolute Gasteiger partial charge is 0.493 e. The molecule has 4 rings (SSSR count). The number of amides is 3.